The Bertz CT molecular complexity index is 493. The Morgan fingerprint density at radius 3 is 3.05 bits per heavy atom. The van der Waals surface area contributed by atoms with Gasteiger partial charge in [0.2, 0.25) is 5.91 Å². The number of hydrogen-bond donors (Lipinski definition) is 2. The third-order valence-electron chi connectivity index (χ3n) is 3.39. The molecule has 1 fully saturated rings. The number of benzene rings is 1. The molecule has 1 amide bonds. The fourth-order valence-electron chi connectivity index (χ4n) is 2.35. The van der Waals surface area contributed by atoms with Gasteiger partial charge in [-0.2, -0.15) is 0 Å². The summed E-state index contributed by atoms with van der Waals surface area (Å²) in [5.41, 5.74) is 0.858. The maximum absolute atomic E-state index is 12.5. The lowest BCUT2D eigenvalue weighted by molar-refractivity contribution is -0.120. The highest BCUT2D eigenvalue weighted by Crippen LogP contribution is 2.28. The Hall–Kier alpha value is -1.30. The van der Waals surface area contributed by atoms with E-state index in [0.29, 0.717) is 13.2 Å². The summed E-state index contributed by atoms with van der Waals surface area (Å²) < 4.78 is 5.43. The molecule has 1 aliphatic rings. The zero-order chi connectivity index (χ0) is 15.1. The van der Waals surface area contributed by atoms with Crippen LogP contribution in [-0.4, -0.2) is 37.5 Å². The van der Waals surface area contributed by atoms with Gasteiger partial charge in [-0.05, 0) is 18.7 Å². The second kappa shape index (κ2) is 8.22. The molecule has 0 radical (unpaired) electrons. The van der Waals surface area contributed by atoms with E-state index in [1.165, 1.54) is 0 Å². The van der Waals surface area contributed by atoms with Gasteiger partial charge in [0.05, 0.1) is 24.8 Å². The second-order valence-corrected chi connectivity index (χ2v) is 5.96. The Morgan fingerprint density at radius 1 is 1.48 bits per heavy atom. The van der Waals surface area contributed by atoms with Crippen LogP contribution in [0, 0.1) is 5.92 Å². The van der Waals surface area contributed by atoms with Crippen LogP contribution < -0.4 is 10.6 Å². The van der Waals surface area contributed by atoms with Gasteiger partial charge in [0.15, 0.2) is 0 Å². The van der Waals surface area contributed by atoms with Crippen LogP contribution in [0.3, 0.4) is 0 Å². The molecule has 0 aromatic heterocycles. The number of amides is 1. The normalized spacial score (nSPS) is 21.2. The summed E-state index contributed by atoms with van der Waals surface area (Å²) in [6, 6.07) is 7.95. The summed E-state index contributed by atoms with van der Waals surface area (Å²) in [5, 5.41) is 6.34. The molecular weight excluding hydrogens is 284 g/mol. The molecule has 1 aromatic rings. The Labute approximate surface area is 130 Å². The van der Waals surface area contributed by atoms with Crippen molar-refractivity contribution < 1.29 is 9.53 Å². The van der Waals surface area contributed by atoms with Gasteiger partial charge in [0, 0.05) is 16.7 Å². The van der Waals surface area contributed by atoms with Crippen molar-refractivity contribution >= 4 is 23.4 Å². The first-order chi connectivity index (χ1) is 10.3. The first-order valence-electron chi connectivity index (χ1n) is 7.21. The van der Waals surface area contributed by atoms with Gasteiger partial charge in [-0.1, -0.05) is 25.1 Å². The highest BCUT2D eigenvalue weighted by molar-refractivity contribution is 7.99. The molecule has 21 heavy (non-hydrogen) atoms. The van der Waals surface area contributed by atoms with Crippen LogP contribution in [0.15, 0.2) is 41.8 Å². The number of hydrogen-bond acceptors (Lipinski definition) is 4. The van der Waals surface area contributed by atoms with Crippen molar-refractivity contribution in [3.8, 4) is 0 Å². The third kappa shape index (κ3) is 4.33. The first-order valence-corrected chi connectivity index (χ1v) is 8.19. The molecule has 4 nitrogen and oxygen atoms in total. The molecule has 114 valence electrons. The van der Waals surface area contributed by atoms with E-state index >= 15 is 0 Å². The topological polar surface area (TPSA) is 50.4 Å². The van der Waals surface area contributed by atoms with Crippen molar-refractivity contribution in [1.29, 1.82) is 0 Å². The van der Waals surface area contributed by atoms with E-state index in [9.17, 15) is 4.79 Å². The van der Waals surface area contributed by atoms with Gasteiger partial charge in [-0.3, -0.25) is 4.79 Å². The Balaban J connectivity index is 2.03. The molecule has 0 saturated carbocycles. The Kier molecular flexibility index (Phi) is 6.29. The zero-order valence-corrected chi connectivity index (χ0v) is 13.1. The number of para-hydroxylation sites is 1. The quantitative estimate of drug-likeness (QED) is 0.600. The SMILES string of the molecule is C=CCSc1ccccc1NC(=O)C1COCC1NCC. The van der Waals surface area contributed by atoms with Crippen LogP contribution in [0.4, 0.5) is 5.69 Å². The monoisotopic (exact) mass is 306 g/mol. The molecule has 1 saturated heterocycles. The molecule has 2 N–H and O–H groups in total. The molecule has 2 unspecified atom stereocenters. The summed E-state index contributed by atoms with van der Waals surface area (Å²) in [7, 11) is 0. The Morgan fingerprint density at radius 2 is 2.29 bits per heavy atom. The number of thioether (sulfide) groups is 1. The summed E-state index contributed by atoms with van der Waals surface area (Å²) in [4.78, 5) is 13.5. The number of likely N-dealkylation sites (N-methyl/N-ethyl adjacent to an activating group) is 1. The lowest BCUT2D eigenvalue weighted by Crippen LogP contribution is -2.41. The van der Waals surface area contributed by atoms with E-state index in [2.05, 4.69) is 17.2 Å². The number of nitrogens with one attached hydrogen (secondary N) is 2. The predicted molar refractivity (Wildman–Crippen MR) is 87.8 cm³/mol. The third-order valence-corrected chi connectivity index (χ3v) is 4.45. The standard InChI is InChI=1S/C16H22N2O2S/c1-3-9-21-15-8-6-5-7-13(15)18-16(19)12-10-20-11-14(12)17-4-2/h3,5-8,12,14,17H,1,4,9-11H2,2H3,(H,18,19). The summed E-state index contributed by atoms with van der Waals surface area (Å²) in [6.07, 6.45) is 1.86. The lowest BCUT2D eigenvalue weighted by Gasteiger charge is -2.18. The van der Waals surface area contributed by atoms with Gasteiger partial charge >= 0.3 is 0 Å². The van der Waals surface area contributed by atoms with Gasteiger partial charge in [0.25, 0.3) is 0 Å². The largest absolute Gasteiger partial charge is 0.379 e. The molecule has 1 aliphatic heterocycles. The van der Waals surface area contributed by atoms with Gasteiger partial charge < -0.3 is 15.4 Å². The number of ether oxygens (including phenoxy) is 1. The van der Waals surface area contributed by atoms with Crippen LogP contribution in [0.25, 0.3) is 0 Å². The van der Waals surface area contributed by atoms with Gasteiger partial charge in [-0.25, -0.2) is 0 Å². The average molecular weight is 306 g/mol. The van der Waals surface area contributed by atoms with E-state index in [0.717, 1.165) is 22.9 Å². The summed E-state index contributed by atoms with van der Waals surface area (Å²) in [5.74, 6) is 0.701. The molecule has 0 aliphatic carbocycles. The fraction of sp³-hybridized carbons (Fsp3) is 0.438. The number of carbonyl (C=O) groups is 1. The highest BCUT2D eigenvalue weighted by atomic mass is 32.2. The van der Waals surface area contributed by atoms with Crippen molar-refractivity contribution in [2.45, 2.75) is 17.9 Å². The van der Waals surface area contributed by atoms with E-state index in [1.807, 2.05) is 37.3 Å². The van der Waals surface area contributed by atoms with E-state index in [1.54, 1.807) is 11.8 Å². The van der Waals surface area contributed by atoms with Crippen molar-refractivity contribution in [2.24, 2.45) is 5.92 Å². The lowest BCUT2D eigenvalue weighted by atomic mass is 10.0. The van der Waals surface area contributed by atoms with E-state index in [4.69, 9.17) is 4.74 Å². The van der Waals surface area contributed by atoms with Crippen molar-refractivity contribution in [2.75, 3.05) is 30.8 Å². The van der Waals surface area contributed by atoms with Crippen LogP contribution in [0.5, 0.6) is 0 Å². The molecule has 5 heteroatoms. The van der Waals surface area contributed by atoms with Crippen LogP contribution in [0.1, 0.15) is 6.92 Å². The summed E-state index contributed by atoms with van der Waals surface area (Å²) in [6.45, 7) is 7.67. The van der Waals surface area contributed by atoms with Crippen LogP contribution in [-0.2, 0) is 9.53 Å². The van der Waals surface area contributed by atoms with Crippen molar-refractivity contribution in [1.82, 2.24) is 5.32 Å². The molecular formula is C16H22N2O2S. The first kappa shape index (κ1) is 16.1. The number of anilines is 1. The van der Waals surface area contributed by atoms with Crippen LogP contribution >= 0.6 is 11.8 Å². The van der Waals surface area contributed by atoms with Crippen molar-refractivity contribution in [3.63, 3.8) is 0 Å². The van der Waals surface area contributed by atoms with Crippen molar-refractivity contribution in [3.05, 3.63) is 36.9 Å². The molecule has 0 spiro atoms. The average Bonchev–Trinajstić information content (AvgIpc) is 2.95. The number of rotatable bonds is 7. The van der Waals surface area contributed by atoms with Gasteiger partial charge in [0.1, 0.15) is 0 Å². The smallest absolute Gasteiger partial charge is 0.231 e. The van der Waals surface area contributed by atoms with E-state index in [-0.39, 0.29) is 17.9 Å². The molecule has 1 heterocycles. The predicted octanol–water partition coefficient (Wildman–Crippen LogP) is 2.53. The number of carbonyl (C=O) groups excluding carboxylic acids is 1. The van der Waals surface area contributed by atoms with E-state index < -0.39 is 0 Å². The molecule has 2 rings (SSSR count). The minimum atomic E-state index is -0.137. The maximum atomic E-state index is 12.5. The summed E-state index contributed by atoms with van der Waals surface area (Å²) >= 11 is 1.66. The molecule has 0 bridgehead atoms. The molecule has 1 aromatic carbocycles. The maximum Gasteiger partial charge on any atom is 0.231 e. The van der Waals surface area contributed by atoms with Crippen LogP contribution in [0.2, 0.25) is 0 Å². The second-order valence-electron chi connectivity index (χ2n) is 4.89. The minimum Gasteiger partial charge on any atom is -0.379 e. The zero-order valence-electron chi connectivity index (χ0n) is 12.3. The molecule has 2 atom stereocenters. The minimum absolute atomic E-state index is 0.0186. The van der Waals surface area contributed by atoms with Gasteiger partial charge in [-0.15, -0.1) is 18.3 Å². The fourth-order valence-corrected chi connectivity index (χ4v) is 3.09. The highest BCUT2D eigenvalue weighted by Gasteiger charge is 2.33.